The molecule has 0 spiro atoms. The van der Waals surface area contributed by atoms with E-state index in [9.17, 15) is 34.2 Å². The van der Waals surface area contributed by atoms with Crippen LogP contribution in [-0.4, -0.2) is 83.0 Å². The van der Waals surface area contributed by atoms with Crippen LogP contribution in [0.1, 0.15) is 44.1 Å². The Morgan fingerprint density at radius 1 is 0.805 bits per heavy atom. The number of hydrogen-bond acceptors (Lipinski definition) is 9. The molecule has 0 saturated heterocycles. The van der Waals surface area contributed by atoms with Crippen LogP contribution in [0.25, 0.3) is 0 Å². The van der Waals surface area contributed by atoms with Crippen molar-refractivity contribution in [3.8, 4) is 5.75 Å². The highest BCUT2D eigenvalue weighted by Gasteiger charge is 2.31. The van der Waals surface area contributed by atoms with Crippen molar-refractivity contribution in [2.45, 2.75) is 69.1 Å². The Morgan fingerprint density at radius 3 is 1.95 bits per heavy atom. The monoisotopic (exact) mass is 579 g/mol. The maximum Gasteiger partial charge on any atom is 0.326 e. The molecule has 4 amide bonds. The lowest BCUT2D eigenvalue weighted by Gasteiger charge is -2.25. The van der Waals surface area contributed by atoms with Crippen molar-refractivity contribution in [1.82, 2.24) is 16.0 Å². The first kappa shape index (κ1) is 34.6. The highest BCUT2D eigenvalue weighted by atomic mass is 16.4. The fraction of sp³-hybridized carbons (Fsp3) is 0.520. The Kier molecular flexibility index (Phi) is 15.2. The maximum absolute atomic E-state index is 13.2. The van der Waals surface area contributed by atoms with Crippen LogP contribution >= 0.6 is 0 Å². The molecular weight excluding hydrogens is 538 g/mol. The molecule has 1 aromatic carbocycles. The van der Waals surface area contributed by atoms with E-state index in [1.54, 1.807) is 0 Å². The minimum atomic E-state index is -1.54. The number of carboxylic acids is 1. The van der Waals surface area contributed by atoms with Crippen LogP contribution in [0.4, 0.5) is 0 Å². The summed E-state index contributed by atoms with van der Waals surface area (Å²) in [6.07, 6.45) is 1.11. The Balaban J connectivity index is 3.04. The second-order valence-electron chi connectivity index (χ2n) is 9.40. The fourth-order valence-electron chi connectivity index (χ4n) is 3.71. The summed E-state index contributed by atoms with van der Waals surface area (Å²) in [7, 11) is 0. The van der Waals surface area contributed by atoms with E-state index in [0.29, 0.717) is 31.4 Å². The Morgan fingerprint density at radius 2 is 1.39 bits per heavy atom. The molecule has 41 heavy (non-hydrogen) atoms. The van der Waals surface area contributed by atoms with Gasteiger partial charge in [0.15, 0.2) is 5.96 Å². The van der Waals surface area contributed by atoms with Crippen LogP contribution in [-0.2, 0) is 30.4 Å². The number of carboxylic acid groups (broad SMARTS) is 1. The molecule has 0 fully saturated rings. The van der Waals surface area contributed by atoms with Crippen molar-refractivity contribution in [3.63, 3.8) is 0 Å². The predicted molar refractivity (Wildman–Crippen MR) is 150 cm³/mol. The van der Waals surface area contributed by atoms with E-state index in [2.05, 4.69) is 20.9 Å². The van der Waals surface area contributed by atoms with Gasteiger partial charge in [-0.15, -0.1) is 0 Å². The number of nitrogens with two attached hydrogens (primary N) is 5. The molecule has 16 nitrogen and oxygen atoms in total. The molecule has 1 aromatic rings. The number of aliphatic carboxylic acids is 1. The third-order valence-electron chi connectivity index (χ3n) is 5.91. The van der Waals surface area contributed by atoms with E-state index >= 15 is 0 Å². The van der Waals surface area contributed by atoms with Gasteiger partial charge in [-0.05, 0) is 49.9 Å². The van der Waals surface area contributed by atoms with Gasteiger partial charge in [0.05, 0.1) is 12.5 Å². The summed E-state index contributed by atoms with van der Waals surface area (Å²) in [5.74, 6) is -4.91. The number of phenols is 1. The largest absolute Gasteiger partial charge is 0.508 e. The second-order valence-corrected chi connectivity index (χ2v) is 9.40. The summed E-state index contributed by atoms with van der Waals surface area (Å²) < 4.78 is 0. The number of rotatable bonds is 19. The van der Waals surface area contributed by atoms with Gasteiger partial charge in [0.25, 0.3) is 0 Å². The number of carbonyl (C=O) groups is 5. The van der Waals surface area contributed by atoms with Gasteiger partial charge in [-0.3, -0.25) is 24.2 Å². The number of nitrogens with zero attached hydrogens (tertiary/aromatic N) is 1. The van der Waals surface area contributed by atoms with E-state index in [4.69, 9.17) is 28.7 Å². The Labute approximate surface area is 237 Å². The maximum atomic E-state index is 13.2. The topological polar surface area (TPSA) is 304 Å². The van der Waals surface area contributed by atoms with E-state index in [0.717, 1.165) is 0 Å². The molecule has 0 aliphatic rings. The summed E-state index contributed by atoms with van der Waals surface area (Å²) in [4.78, 5) is 66.2. The van der Waals surface area contributed by atoms with Crippen molar-refractivity contribution < 1.29 is 34.2 Å². The van der Waals surface area contributed by atoms with Gasteiger partial charge >= 0.3 is 5.97 Å². The molecule has 0 aliphatic heterocycles. The zero-order chi connectivity index (χ0) is 30.9. The molecule has 0 bridgehead atoms. The van der Waals surface area contributed by atoms with Crippen LogP contribution < -0.4 is 44.6 Å². The van der Waals surface area contributed by atoms with Gasteiger partial charge in [-0.2, -0.15) is 0 Å². The molecular formula is C25H41N9O7. The van der Waals surface area contributed by atoms with E-state index in [1.807, 2.05) is 0 Å². The highest BCUT2D eigenvalue weighted by Crippen LogP contribution is 2.12. The van der Waals surface area contributed by atoms with Crippen LogP contribution in [0.15, 0.2) is 29.3 Å². The molecule has 1 rings (SSSR count). The molecule has 0 saturated carbocycles. The smallest absolute Gasteiger partial charge is 0.326 e. The average molecular weight is 580 g/mol. The number of amides is 4. The average Bonchev–Trinajstić information content (AvgIpc) is 2.90. The lowest BCUT2D eigenvalue weighted by atomic mass is 10.0. The normalized spacial score (nSPS) is 13.6. The third-order valence-corrected chi connectivity index (χ3v) is 5.91. The molecule has 4 atom stereocenters. The molecule has 16 heteroatoms. The zero-order valence-corrected chi connectivity index (χ0v) is 22.8. The minimum Gasteiger partial charge on any atom is -0.508 e. The van der Waals surface area contributed by atoms with Crippen LogP contribution in [0.2, 0.25) is 0 Å². The molecule has 228 valence electrons. The number of guanidine groups is 1. The van der Waals surface area contributed by atoms with E-state index in [1.165, 1.54) is 24.3 Å². The number of hydrogen-bond donors (Lipinski definition) is 10. The number of primary amides is 1. The lowest BCUT2D eigenvalue weighted by molar-refractivity contribution is -0.142. The Bertz CT molecular complexity index is 1060. The molecule has 15 N–H and O–H groups in total. The first-order valence-corrected chi connectivity index (χ1v) is 13.0. The summed E-state index contributed by atoms with van der Waals surface area (Å²) in [5.41, 5.74) is 27.8. The first-order valence-electron chi connectivity index (χ1n) is 13.0. The van der Waals surface area contributed by atoms with E-state index in [-0.39, 0.29) is 37.5 Å². The first-order chi connectivity index (χ1) is 19.3. The predicted octanol–water partition coefficient (Wildman–Crippen LogP) is -3.14. The fourth-order valence-corrected chi connectivity index (χ4v) is 3.71. The number of phenolic OH excluding ortho intramolecular Hbond substituents is 1. The van der Waals surface area contributed by atoms with Crippen molar-refractivity contribution >= 4 is 35.6 Å². The van der Waals surface area contributed by atoms with E-state index < -0.39 is 60.2 Å². The number of aliphatic imine (C=N–C) groups is 1. The SMILES string of the molecule is NCCCCC(N)C(=O)NC(CCCN=C(N)N)C(=O)NC(CC(N)=O)C(=O)NC(Cc1ccc(O)cc1)C(=O)O. The zero-order valence-electron chi connectivity index (χ0n) is 22.8. The Hall–Kier alpha value is -4.44. The van der Waals surface area contributed by atoms with Gasteiger partial charge in [0.2, 0.25) is 23.6 Å². The summed E-state index contributed by atoms with van der Waals surface area (Å²) >= 11 is 0. The number of nitrogens with one attached hydrogen (secondary N) is 3. The van der Waals surface area contributed by atoms with Crippen molar-refractivity contribution in [3.05, 3.63) is 29.8 Å². The number of unbranched alkanes of at least 4 members (excludes halogenated alkanes) is 1. The van der Waals surface area contributed by atoms with Crippen LogP contribution in [0.5, 0.6) is 5.75 Å². The summed E-state index contributed by atoms with van der Waals surface area (Å²) in [6.45, 7) is 0.582. The molecule has 0 aromatic heterocycles. The second kappa shape index (κ2) is 18.0. The third kappa shape index (κ3) is 14.0. The van der Waals surface area contributed by atoms with Gasteiger partial charge in [0.1, 0.15) is 23.9 Å². The van der Waals surface area contributed by atoms with Gasteiger partial charge < -0.3 is 54.8 Å². The molecule has 4 unspecified atom stereocenters. The lowest BCUT2D eigenvalue weighted by Crippen LogP contribution is -2.58. The van der Waals surface area contributed by atoms with Crippen LogP contribution in [0, 0.1) is 0 Å². The highest BCUT2D eigenvalue weighted by molar-refractivity contribution is 5.96. The molecule has 0 heterocycles. The minimum absolute atomic E-state index is 0.0228. The summed E-state index contributed by atoms with van der Waals surface area (Å²) in [5, 5.41) is 26.3. The van der Waals surface area contributed by atoms with Crippen LogP contribution in [0.3, 0.4) is 0 Å². The van der Waals surface area contributed by atoms with Crippen molar-refractivity contribution in [2.24, 2.45) is 33.7 Å². The standard InChI is InChI=1S/C25H41N9O7/c26-10-2-1-4-16(27)21(37)32-17(5-3-11-31-25(29)30)22(38)33-18(13-20(28)36)23(39)34-19(24(40)41)12-14-6-8-15(35)9-7-14/h6-9,16-19,35H,1-5,10-13,26-27H2,(H2,28,36)(H,32,37)(H,33,38)(H,34,39)(H,40,41)(H4,29,30,31). The number of aromatic hydroxyl groups is 1. The number of carbonyl (C=O) groups excluding carboxylic acids is 4. The quantitative estimate of drug-likeness (QED) is 0.0443. The van der Waals surface area contributed by atoms with Crippen molar-refractivity contribution in [1.29, 1.82) is 0 Å². The molecule has 0 aliphatic carbocycles. The molecule has 0 radical (unpaired) electrons. The van der Waals surface area contributed by atoms with Gasteiger partial charge in [-0.25, -0.2) is 4.79 Å². The van der Waals surface area contributed by atoms with Crippen molar-refractivity contribution in [2.75, 3.05) is 13.1 Å². The van der Waals surface area contributed by atoms with Gasteiger partial charge in [0, 0.05) is 13.0 Å². The summed E-state index contributed by atoms with van der Waals surface area (Å²) in [6, 6.07) is 0.601. The van der Waals surface area contributed by atoms with Gasteiger partial charge in [-0.1, -0.05) is 18.6 Å². The number of benzene rings is 1.